The molecule has 0 atom stereocenters. The molecule has 0 radical (unpaired) electrons. The van der Waals surface area contributed by atoms with E-state index >= 15 is 0 Å². The molecule has 64 valence electrons. The number of hydrogen-bond donors (Lipinski definition) is 0. The normalized spacial score (nSPS) is 9.83. The van der Waals surface area contributed by atoms with Gasteiger partial charge in [0.05, 0.1) is 17.7 Å². The smallest absolute Gasteiger partial charge is 0.0957 e. The third-order valence-corrected chi connectivity index (χ3v) is 1.70. The Hall–Kier alpha value is -1.31. The van der Waals surface area contributed by atoms with Crippen LogP contribution in [0.25, 0.3) is 6.08 Å². The van der Waals surface area contributed by atoms with E-state index in [9.17, 15) is 0 Å². The molecule has 0 aliphatic carbocycles. The summed E-state index contributed by atoms with van der Waals surface area (Å²) in [6, 6.07) is 0. The van der Waals surface area contributed by atoms with Crippen LogP contribution in [0, 0.1) is 6.92 Å². The highest BCUT2D eigenvalue weighted by molar-refractivity contribution is 5.45. The maximum Gasteiger partial charge on any atom is 0.0957 e. The van der Waals surface area contributed by atoms with Crippen LogP contribution in [0.15, 0.2) is 25.1 Å². The van der Waals surface area contributed by atoms with Gasteiger partial charge in [0, 0.05) is 6.54 Å². The molecule has 1 aromatic rings. The van der Waals surface area contributed by atoms with E-state index in [0.29, 0.717) is 0 Å². The van der Waals surface area contributed by atoms with Gasteiger partial charge in [0.2, 0.25) is 0 Å². The van der Waals surface area contributed by atoms with Crippen LogP contribution in [0.3, 0.4) is 0 Å². The first-order chi connectivity index (χ1) is 5.65. The monoisotopic (exact) mass is 162 g/mol. The molecule has 1 aromatic heterocycles. The lowest BCUT2D eigenvalue weighted by Gasteiger charge is -2.04. The molecule has 0 saturated heterocycles. The van der Waals surface area contributed by atoms with Gasteiger partial charge in [0.25, 0.3) is 0 Å². The summed E-state index contributed by atoms with van der Waals surface area (Å²) in [6.07, 6.45) is 3.65. The predicted octanol–water partition coefficient (Wildman–Crippen LogP) is 2.41. The first kappa shape index (κ1) is 8.78. The number of aromatic nitrogens is 2. The molecular formula is C10H14N2. The standard InChI is InChI=1S/C10H14N2/c1-5-10-9(4)11-7-12(10)6-8(2)3/h5,7H,1-2,6H2,3-4H3. The summed E-state index contributed by atoms with van der Waals surface area (Å²) in [5.41, 5.74) is 3.22. The molecule has 2 nitrogen and oxygen atoms in total. The van der Waals surface area contributed by atoms with E-state index in [2.05, 4.69) is 18.1 Å². The number of rotatable bonds is 3. The molecule has 0 spiro atoms. The Morgan fingerprint density at radius 2 is 2.42 bits per heavy atom. The Kier molecular flexibility index (Phi) is 2.48. The second-order valence-corrected chi connectivity index (χ2v) is 3.00. The van der Waals surface area contributed by atoms with Gasteiger partial charge in [-0.15, -0.1) is 0 Å². The van der Waals surface area contributed by atoms with Gasteiger partial charge in [0.15, 0.2) is 0 Å². The van der Waals surface area contributed by atoms with Crippen molar-refractivity contribution in [2.45, 2.75) is 20.4 Å². The third kappa shape index (κ3) is 1.64. The zero-order valence-electron chi connectivity index (χ0n) is 7.67. The van der Waals surface area contributed by atoms with Crippen LogP contribution in [0.5, 0.6) is 0 Å². The first-order valence-electron chi connectivity index (χ1n) is 3.93. The highest BCUT2D eigenvalue weighted by Crippen LogP contribution is 2.09. The number of nitrogens with zero attached hydrogens (tertiary/aromatic N) is 2. The number of allylic oxidation sites excluding steroid dienone is 1. The minimum absolute atomic E-state index is 0.822. The van der Waals surface area contributed by atoms with Crippen LogP contribution in [0.4, 0.5) is 0 Å². The Labute approximate surface area is 73.2 Å². The Bertz CT molecular complexity index is 308. The average Bonchev–Trinajstić information content (AvgIpc) is 2.30. The average molecular weight is 162 g/mol. The molecule has 0 aliphatic rings. The molecule has 0 saturated carbocycles. The van der Waals surface area contributed by atoms with E-state index in [4.69, 9.17) is 0 Å². The van der Waals surface area contributed by atoms with Gasteiger partial charge in [-0.2, -0.15) is 0 Å². The fourth-order valence-electron chi connectivity index (χ4n) is 1.17. The fraction of sp³-hybridized carbons (Fsp3) is 0.300. The van der Waals surface area contributed by atoms with E-state index in [1.165, 1.54) is 0 Å². The van der Waals surface area contributed by atoms with Crippen LogP contribution in [-0.4, -0.2) is 9.55 Å². The summed E-state index contributed by atoms with van der Waals surface area (Å²) >= 11 is 0. The largest absolute Gasteiger partial charge is 0.327 e. The summed E-state index contributed by atoms with van der Waals surface area (Å²) in [5.74, 6) is 0. The molecule has 0 fully saturated rings. The van der Waals surface area contributed by atoms with Gasteiger partial charge in [-0.3, -0.25) is 0 Å². The molecule has 2 heteroatoms. The zero-order valence-corrected chi connectivity index (χ0v) is 7.67. The van der Waals surface area contributed by atoms with E-state index in [0.717, 1.165) is 23.5 Å². The van der Waals surface area contributed by atoms with Gasteiger partial charge in [-0.1, -0.05) is 18.7 Å². The highest BCUT2D eigenvalue weighted by atomic mass is 15.0. The van der Waals surface area contributed by atoms with Crippen molar-refractivity contribution >= 4 is 6.08 Å². The first-order valence-corrected chi connectivity index (χ1v) is 3.93. The van der Waals surface area contributed by atoms with Crippen LogP contribution in [0.1, 0.15) is 18.3 Å². The molecule has 1 rings (SSSR count). The fourth-order valence-corrected chi connectivity index (χ4v) is 1.17. The van der Waals surface area contributed by atoms with Crippen molar-refractivity contribution in [3.8, 4) is 0 Å². The highest BCUT2D eigenvalue weighted by Gasteiger charge is 2.02. The van der Waals surface area contributed by atoms with Gasteiger partial charge < -0.3 is 4.57 Å². The van der Waals surface area contributed by atoms with Crippen LogP contribution >= 0.6 is 0 Å². The Morgan fingerprint density at radius 1 is 1.75 bits per heavy atom. The molecule has 0 aliphatic heterocycles. The third-order valence-electron chi connectivity index (χ3n) is 1.70. The summed E-state index contributed by atoms with van der Waals surface area (Å²) < 4.78 is 2.05. The number of aryl methyl sites for hydroxylation is 1. The maximum absolute atomic E-state index is 4.19. The maximum atomic E-state index is 4.19. The van der Waals surface area contributed by atoms with E-state index in [1.54, 1.807) is 0 Å². The van der Waals surface area contributed by atoms with Crippen molar-refractivity contribution in [2.24, 2.45) is 0 Å². The lowest BCUT2D eigenvalue weighted by atomic mass is 10.3. The van der Waals surface area contributed by atoms with Crippen molar-refractivity contribution < 1.29 is 0 Å². The van der Waals surface area contributed by atoms with Gasteiger partial charge in [-0.05, 0) is 19.9 Å². The van der Waals surface area contributed by atoms with Crippen LogP contribution in [-0.2, 0) is 6.54 Å². The van der Waals surface area contributed by atoms with Gasteiger partial charge in [0.1, 0.15) is 0 Å². The van der Waals surface area contributed by atoms with E-state index in [1.807, 2.05) is 30.8 Å². The van der Waals surface area contributed by atoms with Crippen LogP contribution < -0.4 is 0 Å². The molecule has 0 N–H and O–H groups in total. The minimum Gasteiger partial charge on any atom is -0.327 e. The van der Waals surface area contributed by atoms with Crippen molar-refractivity contribution in [3.05, 3.63) is 36.4 Å². The molecule has 12 heavy (non-hydrogen) atoms. The number of imidazole rings is 1. The zero-order chi connectivity index (χ0) is 9.14. The SMILES string of the molecule is C=Cc1c(C)ncn1CC(=C)C. The Balaban J connectivity index is 2.99. The van der Waals surface area contributed by atoms with Crippen molar-refractivity contribution in [1.82, 2.24) is 9.55 Å². The quantitative estimate of drug-likeness (QED) is 0.624. The van der Waals surface area contributed by atoms with Crippen LogP contribution in [0.2, 0.25) is 0 Å². The Morgan fingerprint density at radius 3 is 2.92 bits per heavy atom. The van der Waals surface area contributed by atoms with Crippen molar-refractivity contribution in [3.63, 3.8) is 0 Å². The summed E-state index contributed by atoms with van der Waals surface area (Å²) in [7, 11) is 0. The van der Waals surface area contributed by atoms with Crippen molar-refractivity contribution in [1.29, 1.82) is 0 Å². The van der Waals surface area contributed by atoms with Crippen molar-refractivity contribution in [2.75, 3.05) is 0 Å². The number of hydrogen-bond acceptors (Lipinski definition) is 1. The second kappa shape index (κ2) is 3.39. The minimum atomic E-state index is 0.822. The molecule has 1 heterocycles. The molecule has 0 bridgehead atoms. The summed E-state index contributed by atoms with van der Waals surface area (Å²) in [4.78, 5) is 4.19. The lowest BCUT2D eigenvalue weighted by Crippen LogP contribution is -1.99. The van der Waals surface area contributed by atoms with E-state index < -0.39 is 0 Å². The topological polar surface area (TPSA) is 17.8 Å². The summed E-state index contributed by atoms with van der Waals surface area (Å²) in [5, 5.41) is 0. The molecule has 0 amide bonds. The molecule has 0 aromatic carbocycles. The van der Waals surface area contributed by atoms with Gasteiger partial charge in [-0.25, -0.2) is 4.98 Å². The van der Waals surface area contributed by atoms with Gasteiger partial charge >= 0.3 is 0 Å². The molecule has 0 unspecified atom stereocenters. The molecular weight excluding hydrogens is 148 g/mol. The lowest BCUT2D eigenvalue weighted by molar-refractivity contribution is 0.777. The predicted molar refractivity (Wildman–Crippen MR) is 51.9 cm³/mol. The second-order valence-electron chi connectivity index (χ2n) is 3.00. The summed E-state index contributed by atoms with van der Waals surface area (Å²) in [6.45, 7) is 12.4. The van der Waals surface area contributed by atoms with E-state index in [-0.39, 0.29) is 0 Å².